The zero-order valence-electron chi connectivity index (χ0n) is 11.7. The molecule has 1 aliphatic heterocycles. The Bertz CT molecular complexity index is 477. The second kappa shape index (κ2) is 6.89. The highest BCUT2D eigenvalue weighted by molar-refractivity contribution is 9.10. The van der Waals surface area contributed by atoms with Gasteiger partial charge in [-0.05, 0) is 32.3 Å². The third-order valence-corrected chi connectivity index (χ3v) is 4.28. The van der Waals surface area contributed by atoms with Crippen LogP contribution in [0.2, 0.25) is 5.02 Å². The first-order valence-electron chi connectivity index (χ1n) is 6.59. The van der Waals surface area contributed by atoms with Gasteiger partial charge >= 0.3 is 0 Å². The fraction of sp³-hybridized carbons (Fsp3) is 0.500. The van der Waals surface area contributed by atoms with Crippen molar-refractivity contribution in [3.8, 4) is 0 Å². The van der Waals surface area contributed by atoms with Gasteiger partial charge < -0.3 is 10.2 Å². The summed E-state index contributed by atoms with van der Waals surface area (Å²) in [5.41, 5.74) is 0.580. The van der Waals surface area contributed by atoms with E-state index in [0.29, 0.717) is 23.2 Å². The number of halogens is 2. The number of carbonyl (C=O) groups excluding carboxylic acids is 1. The number of carbonyl (C=O) groups is 1. The molecule has 0 bridgehead atoms. The van der Waals surface area contributed by atoms with E-state index in [2.05, 4.69) is 45.1 Å². The summed E-state index contributed by atoms with van der Waals surface area (Å²) in [6.45, 7) is 3.71. The summed E-state index contributed by atoms with van der Waals surface area (Å²) < 4.78 is 0.810. The average Bonchev–Trinajstić information content (AvgIpc) is 2.38. The van der Waals surface area contributed by atoms with E-state index in [-0.39, 0.29) is 5.91 Å². The van der Waals surface area contributed by atoms with Crippen molar-refractivity contribution in [2.75, 3.05) is 40.3 Å². The smallest absolute Gasteiger partial charge is 0.251 e. The van der Waals surface area contributed by atoms with Gasteiger partial charge in [0.15, 0.2) is 0 Å². The summed E-state index contributed by atoms with van der Waals surface area (Å²) >= 11 is 9.31. The van der Waals surface area contributed by atoms with Crippen LogP contribution < -0.4 is 5.32 Å². The van der Waals surface area contributed by atoms with Gasteiger partial charge in [-0.3, -0.25) is 9.69 Å². The monoisotopic (exact) mass is 359 g/mol. The van der Waals surface area contributed by atoms with Crippen LogP contribution in [0, 0.1) is 0 Å². The van der Waals surface area contributed by atoms with Gasteiger partial charge in [0.25, 0.3) is 5.91 Å². The number of piperazine rings is 1. The van der Waals surface area contributed by atoms with Crippen molar-refractivity contribution >= 4 is 33.4 Å². The van der Waals surface area contributed by atoms with Gasteiger partial charge in [0.2, 0.25) is 0 Å². The van der Waals surface area contributed by atoms with Crippen molar-refractivity contribution < 1.29 is 4.79 Å². The largest absolute Gasteiger partial charge is 0.350 e. The molecule has 1 unspecified atom stereocenters. The molecule has 1 atom stereocenters. The maximum absolute atomic E-state index is 12.2. The standard InChI is InChI=1S/C14H19BrClN3O/c1-18-3-4-19(2)13(9-18)8-17-14(20)10-5-11(15)7-12(16)6-10/h5-7,13H,3-4,8-9H2,1-2H3,(H,17,20). The molecule has 1 aromatic carbocycles. The molecule has 110 valence electrons. The quantitative estimate of drug-likeness (QED) is 0.896. The normalized spacial score (nSPS) is 20.9. The Hall–Kier alpha value is -0.620. The van der Waals surface area contributed by atoms with E-state index in [9.17, 15) is 4.79 Å². The van der Waals surface area contributed by atoms with Gasteiger partial charge in [0, 0.05) is 47.3 Å². The summed E-state index contributed by atoms with van der Waals surface area (Å²) in [7, 11) is 4.20. The molecule has 0 aliphatic carbocycles. The summed E-state index contributed by atoms with van der Waals surface area (Å²) in [5.74, 6) is -0.0881. The lowest BCUT2D eigenvalue weighted by Crippen LogP contribution is -2.54. The highest BCUT2D eigenvalue weighted by Crippen LogP contribution is 2.19. The Kier molecular flexibility index (Phi) is 5.43. The molecule has 4 nitrogen and oxygen atoms in total. The molecule has 6 heteroatoms. The van der Waals surface area contributed by atoms with Crippen LogP contribution in [0.25, 0.3) is 0 Å². The number of likely N-dealkylation sites (N-methyl/N-ethyl adjacent to an activating group) is 2. The predicted molar refractivity (Wildman–Crippen MR) is 85.4 cm³/mol. The van der Waals surface area contributed by atoms with Gasteiger partial charge in [0.05, 0.1) is 0 Å². The van der Waals surface area contributed by atoms with E-state index in [1.807, 2.05) is 0 Å². The zero-order valence-corrected chi connectivity index (χ0v) is 14.0. The predicted octanol–water partition coefficient (Wildman–Crippen LogP) is 2.08. The van der Waals surface area contributed by atoms with Crippen LogP contribution >= 0.6 is 27.5 Å². The number of hydrogen-bond donors (Lipinski definition) is 1. The lowest BCUT2D eigenvalue weighted by Gasteiger charge is -2.37. The van der Waals surface area contributed by atoms with Gasteiger partial charge in [-0.2, -0.15) is 0 Å². The number of benzene rings is 1. The molecule has 1 fully saturated rings. The minimum Gasteiger partial charge on any atom is -0.350 e. The number of nitrogens with zero attached hydrogens (tertiary/aromatic N) is 2. The molecule has 1 amide bonds. The molecule has 0 spiro atoms. The first kappa shape index (κ1) is 15.8. The van der Waals surface area contributed by atoms with Crippen LogP contribution in [-0.4, -0.2) is 62.0 Å². The van der Waals surface area contributed by atoms with Crippen molar-refractivity contribution in [2.24, 2.45) is 0 Å². The van der Waals surface area contributed by atoms with E-state index in [4.69, 9.17) is 11.6 Å². The molecule has 1 aromatic rings. The van der Waals surface area contributed by atoms with Crippen LogP contribution in [0.1, 0.15) is 10.4 Å². The van der Waals surface area contributed by atoms with Crippen LogP contribution in [0.3, 0.4) is 0 Å². The minimum atomic E-state index is -0.0881. The summed E-state index contributed by atoms with van der Waals surface area (Å²) in [6, 6.07) is 5.57. The molecule has 1 heterocycles. The first-order valence-corrected chi connectivity index (χ1v) is 7.76. The Morgan fingerprint density at radius 1 is 1.40 bits per heavy atom. The Labute approximate surface area is 133 Å². The first-order chi connectivity index (χ1) is 9.45. The van der Waals surface area contributed by atoms with Crippen LogP contribution in [0.5, 0.6) is 0 Å². The van der Waals surface area contributed by atoms with Gasteiger partial charge in [-0.25, -0.2) is 0 Å². The lowest BCUT2D eigenvalue weighted by molar-refractivity contribution is 0.0881. The molecule has 0 saturated carbocycles. The molecule has 1 saturated heterocycles. The highest BCUT2D eigenvalue weighted by atomic mass is 79.9. The maximum atomic E-state index is 12.2. The number of amides is 1. The van der Waals surface area contributed by atoms with E-state index in [1.54, 1.807) is 18.2 Å². The second-order valence-electron chi connectivity index (χ2n) is 5.26. The van der Waals surface area contributed by atoms with Crippen molar-refractivity contribution in [1.29, 1.82) is 0 Å². The minimum absolute atomic E-state index is 0.0881. The Morgan fingerprint density at radius 3 is 2.85 bits per heavy atom. The number of rotatable bonds is 3. The fourth-order valence-corrected chi connectivity index (χ4v) is 3.18. The second-order valence-corrected chi connectivity index (χ2v) is 6.62. The lowest BCUT2D eigenvalue weighted by atomic mass is 10.1. The SMILES string of the molecule is CN1CCN(C)C(CNC(=O)c2cc(Cl)cc(Br)c2)C1. The van der Waals surface area contributed by atoms with Crippen molar-refractivity contribution in [3.63, 3.8) is 0 Å². The molecule has 0 radical (unpaired) electrons. The van der Waals surface area contributed by atoms with Gasteiger partial charge in [-0.15, -0.1) is 0 Å². The molecule has 1 N–H and O–H groups in total. The molecule has 2 rings (SSSR count). The highest BCUT2D eigenvalue weighted by Gasteiger charge is 2.22. The summed E-state index contributed by atoms with van der Waals surface area (Å²) in [5, 5.41) is 3.54. The maximum Gasteiger partial charge on any atom is 0.251 e. The van der Waals surface area contributed by atoms with E-state index >= 15 is 0 Å². The topological polar surface area (TPSA) is 35.6 Å². The van der Waals surface area contributed by atoms with E-state index < -0.39 is 0 Å². The van der Waals surface area contributed by atoms with Crippen LogP contribution in [0.15, 0.2) is 22.7 Å². The van der Waals surface area contributed by atoms with E-state index in [0.717, 1.165) is 24.1 Å². The third kappa shape index (κ3) is 4.19. The van der Waals surface area contributed by atoms with E-state index in [1.165, 1.54) is 0 Å². The van der Waals surface area contributed by atoms with Crippen molar-refractivity contribution in [3.05, 3.63) is 33.3 Å². The molecular weight excluding hydrogens is 342 g/mol. The van der Waals surface area contributed by atoms with Crippen molar-refractivity contribution in [2.45, 2.75) is 6.04 Å². The molecular formula is C14H19BrClN3O. The van der Waals surface area contributed by atoms with Gasteiger partial charge in [0.1, 0.15) is 0 Å². The van der Waals surface area contributed by atoms with Crippen molar-refractivity contribution in [1.82, 2.24) is 15.1 Å². The fourth-order valence-electron chi connectivity index (χ4n) is 2.32. The molecule has 20 heavy (non-hydrogen) atoms. The summed E-state index contributed by atoms with van der Waals surface area (Å²) in [4.78, 5) is 16.7. The third-order valence-electron chi connectivity index (χ3n) is 3.60. The molecule has 1 aliphatic rings. The Morgan fingerprint density at radius 2 is 2.15 bits per heavy atom. The van der Waals surface area contributed by atoms with Crippen LogP contribution in [0.4, 0.5) is 0 Å². The summed E-state index contributed by atoms with van der Waals surface area (Å²) in [6.07, 6.45) is 0. The Balaban J connectivity index is 1.94. The zero-order chi connectivity index (χ0) is 14.7. The molecule has 0 aromatic heterocycles. The van der Waals surface area contributed by atoms with Crippen LogP contribution in [-0.2, 0) is 0 Å². The number of nitrogens with one attached hydrogen (secondary N) is 1. The number of hydrogen-bond acceptors (Lipinski definition) is 3. The average molecular weight is 361 g/mol. The van der Waals surface area contributed by atoms with Gasteiger partial charge in [-0.1, -0.05) is 27.5 Å².